The fourth-order valence-corrected chi connectivity index (χ4v) is 2.05. The summed E-state index contributed by atoms with van der Waals surface area (Å²) in [7, 11) is 1.60. The van der Waals surface area contributed by atoms with E-state index in [0.717, 1.165) is 11.8 Å². The number of furan rings is 1. The number of nitrogens with one attached hydrogen (secondary N) is 1. The van der Waals surface area contributed by atoms with E-state index in [4.69, 9.17) is 9.15 Å². The molecule has 1 aromatic carbocycles. The summed E-state index contributed by atoms with van der Waals surface area (Å²) in [5.74, 6) is -0.959. The lowest BCUT2D eigenvalue weighted by Crippen LogP contribution is -2.27. The summed E-state index contributed by atoms with van der Waals surface area (Å²) < 4.78 is 36.7. The molecular weight excluding hydrogens is 264 g/mol. The van der Waals surface area contributed by atoms with Crippen molar-refractivity contribution in [2.45, 2.75) is 19.0 Å². The van der Waals surface area contributed by atoms with Gasteiger partial charge in [-0.15, -0.1) is 0 Å². The van der Waals surface area contributed by atoms with Crippen molar-refractivity contribution in [2.75, 3.05) is 13.7 Å². The third kappa shape index (κ3) is 3.43. The Labute approximate surface area is 116 Å². The van der Waals surface area contributed by atoms with Gasteiger partial charge in [0, 0.05) is 13.2 Å². The topological polar surface area (TPSA) is 34.4 Å². The molecule has 1 heterocycles. The molecule has 0 fully saturated rings. The SMILES string of the molecule is COC[C@H](N[C@H](C)c1ccc(F)c(F)c1)c1ccco1. The summed E-state index contributed by atoms with van der Waals surface area (Å²) >= 11 is 0. The van der Waals surface area contributed by atoms with Crippen molar-refractivity contribution in [1.29, 1.82) is 0 Å². The Balaban J connectivity index is 2.11. The molecule has 0 amide bonds. The van der Waals surface area contributed by atoms with Gasteiger partial charge in [0.15, 0.2) is 11.6 Å². The predicted molar refractivity (Wildman–Crippen MR) is 71.2 cm³/mol. The molecule has 0 aliphatic rings. The largest absolute Gasteiger partial charge is 0.468 e. The maximum Gasteiger partial charge on any atom is 0.159 e. The van der Waals surface area contributed by atoms with Crippen molar-refractivity contribution >= 4 is 0 Å². The Hall–Kier alpha value is -1.72. The van der Waals surface area contributed by atoms with Gasteiger partial charge in [0.05, 0.1) is 18.9 Å². The van der Waals surface area contributed by atoms with E-state index in [2.05, 4.69) is 5.32 Å². The highest BCUT2D eigenvalue weighted by molar-refractivity contribution is 5.21. The van der Waals surface area contributed by atoms with E-state index < -0.39 is 11.6 Å². The van der Waals surface area contributed by atoms with Crippen molar-refractivity contribution < 1.29 is 17.9 Å². The van der Waals surface area contributed by atoms with Gasteiger partial charge < -0.3 is 9.15 Å². The zero-order valence-electron chi connectivity index (χ0n) is 11.4. The van der Waals surface area contributed by atoms with Crippen LogP contribution in [0.15, 0.2) is 41.0 Å². The van der Waals surface area contributed by atoms with Crippen LogP contribution in [-0.2, 0) is 4.74 Å². The quantitative estimate of drug-likeness (QED) is 0.878. The van der Waals surface area contributed by atoms with Crippen LogP contribution in [0, 0.1) is 11.6 Å². The molecule has 2 rings (SSSR count). The minimum atomic E-state index is -0.850. The third-order valence-corrected chi connectivity index (χ3v) is 3.11. The fourth-order valence-electron chi connectivity index (χ4n) is 2.05. The minimum Gasteiger partial charge on any atom is -0.468 e. The fraction of sp³-hybridized carbons (Fsp3) is 0.333. The highest BCUT2D eigenvalue weighted by Crippen LogP contribution is 2.21. The van der Waals surface area contributed by atoms with Crippen molar-refractivity contribution in [3.8, 4) is 0 Å². The van der Waals surface area contributed by atoms with Crippen LogP contribution in [0.2, 0.25) is 0 Å². The first-order valence-corrected chi connectivity index (χ1v) is 6.35. The Bertz CT molecular complexity index is 543. The average molecular weight is 281 g/mol. The van der Waals surface area contributed by atoms with Gasteiger partial charge in [-0.05, 0) is 36.8 Å². The van der Waals surface area contributed by atoms with E-state index >= 15 is 0 Å². The van der Waals surface area contributed by atoms with E-state index in [1.165, 1.54) is 6.07 Å². The Morgan fingerprint density at radius 3 is 2.65 bits per heavy atom. The lowest BCUT2D eigenvalue weighted by molar-refractivity contribution is 0.152. The molecule has 2 atom stereocenters. The summed E-state index contributed by atoms with van der Waals surface area (Å²) in [4.78, 5) is 0. The molecule has 0 saturated heterocycles. The van der Waals surface area contributed by atoms with Crippen LogP contribution in [-0.4, -0.2) is 13.7 Å². The molecule has 0 spiro atoms. The summed E-state index contributed by atoms with van der Waals surface area (Å²) in [5.41, 5.74) is 0.663. The number of rotatable bonds is 6. The van der Waals surface area contributed by atoms with Crippen LogP contribution in [0.4, 0.5) is 8.78 Å². The molecule has 20 heavy (non-hydrogen) atoms. The van der Waals surface area contributed by atoms with Gasteiger partial charge in [0.1, 0.15) is 5.76 Å². The zero-order valence-corrected chi connectivity index (χ0v) is 11.4. The second-order valence-corrected chi connectivity index (χ2v) is 4.59. The van der Waals surface area contributed by atoms with Crippen molar-refractivity contribution in [3.05, 3.63) is 59.6 Å². The Morgan fingerprint density at radius 2 is 2.05 bits per heavy atom. The van der Waals surface area contributed by atoms with E-state index in [-0.39, 0.29) is 12.1 Å². The van der Waals surface area contributed by atoms with Gasteiger partial charge in [0.2, 0.25) is 0 Å². The molecule has 0 radical (unpaired) electrons. The first-order chi connectivity index (χ1) is 9.61. The van der Waals surface area contributed by atoms with Gasteiger partial charge in [-0.3, -0.25) is 5.32 Å². The van der Waals surface area contributed by atoms with Crippen LogP contribution in [0.3, 0.4) is 0 Å². The van der Waals surface area contributed by atoms with Crippen LogP contribution < -0.4 is 5.32 Å². The van der Waals surface area contributed by atoms with Gasteiger partial charge in [-0.1, -0.05) is 6.07 Å². The maximum atomic E-state index is 13.3. The second-order valence-electron chi connectivity index (χ2n) is 4.59. The first kappa shape index (κ1) is 14.7. The van der Waals surface area contributed by atoms with Gasteiger partial charge in [-0.2, -0.15) is 0 Å². The summed E-state index contributed by atoms with van der Waals surface area (Å²) in [6.45, 7) is 2.29. The summed E-state index contributed by atoms with van der Waals surface area (Å²) in [6, 6.07) is 7.19. The molecule has 5 heteroatoms. The number of ether oxygens (including phenoxy) is 1. The molecule has 3 nitrogen and oxygen atoms in total. The van der Waals surface area contributed by atoms with E-state index in [1.54, 1.807) is 25.5 Å². The van der Waals surface area contributed by atoms with Crippen LogP contribution >= 0.6 is 0 Å². The highest BCUT2D eigenvalue weighted by atomic mass is 19.2. The maximum absolute atomic E-state index is 13.3. The monoisotopic (exact) mass is 281 g/mol. The van der Waals surface area contributed by atoms with Gasteiger partial charge in [-0.25, -0.2) is 8.78 Å². The van der Waals surface area contributed by atoms with Crippen LogP contribution in [0.5, 0.6) is 0 Å². The lowest BCUT2D eigenvalue weighted by Gasteiger charge is -2.21. The molecule has 108 valence electrons. The van der Waals surface area contributed by atoms with E-state index in [9.17, 15) is 8.78 Å². The molecule has 0 aliphatic heterocycles. The number of methoxy groups -OCH3 is 1. The lowest BCUT2D eigenvalue weighted by atomic mass is 10.1. The van der Waals surface area contributed by atoms with Gasteiger partial charge in [0.25, 0.3) is 0 Å². The third-order valence-electron chi connectivity index (χ3n) is 3.11. The number of hydrogen-bond donors (Lipinski definition) is 1. The number of hydrogen-bond acceptors (Lipinski definition) is 3. The van der Waals surface area contributed by atoms with E-state index in [1.807, 2.05) is 13.0 Å². The molecular formula is C15H17F2NO2. The molecule has 2 aromatic rings. The Kier molecular flexibility index (Phi) is 4.87. The summed E-state index contributed by atoms with van der Waals surface area (Å²) in [5, 5.41) is 3.28. The first-order valence-electron chi connectivity index (χ1n) is 6.35. The molecule has 1 N–H and O–H groups in total. The predicted octanol–water partition coefficient (Wildman–Crippen LogP) is 3.60. The van der Waals surface area contributed by atoms with E-state index in [0.29, 0.717) is 12.2 Å². The van der Waals surface area contributed by atoms with Crippen LogP contribution in [0.25, 0.3) is 0 Å². The average Bonchev–Trinajstić information content (AvgIpc) is 2.95. The van der Waals surface area contributed by atoms with Crippen molar-refractivity contribution in [3.63, 3.8) is 0 Å². The van der Waals surface area contributed by atoms with Gasteiger partial charge >= 0.3 is 0 Å². The molecule has 0 bridgehead atoms. The second kappa shape index (κ2) is 6.63. The number of benzene rings is 1. The normalized spacial score (nSPS) is 14.2. The molecule has 0 saturated carbocycles. The Morgan fingerprint density at radius 1 is 1.25 bits per heavy atom. The van der Waals surface area contributed by atoms with Crippen molar-refractivity contribution in [2.24, 2.45) is 0 Å². The summed E-state index contributed by atoms with van der Waals surface area (Å²) in [6.07, 6.45) is 1.59. The number of halogens is 2. The van der Waals surface area contributed by atoms with Crippen LogP contribution in [0.1, 0.15) is 30.3 Å². The minimum absolute atomic E-state index is 0.155. The zero-order chi connectivity index (χ0) is 14.5. The smallest absolute Gasteiger partial charge is 0.159 e. The highest BCUT2D eigenvalue weighted by Gasteiger charge is 2.18. The van der Waals surface area contributed by atoms with Crippen molar-refractivity contribution in [1.82, 2.24) is 5.32 Å². The molecule has 0 unspecified atom stereocenters. The molecule has 0 aliphatic carbocycles. The molecule has 1 aromatic heterocycles. The standard InChI is InChI=1S/C15H17F2NO2/c1-10(11-5-6-12(16)13(17)8-11)18-14(9-19-2)15-4-3-7-20-15/h3-8,10,14,18H,9H2,1-2H3/t10-,14+/m1/s1.